The van der Waals surface area contributed by atoms with Gasteiger partial charge in [-0.25, -0.2) is 4.98 Å². The van der Waals surface area contributed by atoms with Gasteiger partial charge in [0.25, 0.3) is 0 Å². The summed E-state index contributed by atoms with van der Waals surface area (Å²) >= 11 is 0. The molecule has 0 spiro atoms. The van der Waals surface area contributed by atoms with Crippen molar-refractivity contribution in [3.63, 3.8) is 0 Å². The zero-order valence-electron chi connectivity index (χ0n) is 13.9. The van der Waals surface area contributed by atoms with Crippen molar-refractivity contribution in [2.24, 2.45) is 0 Å². The highest BCUT2D eigenvalue weighted by Gasteiger charge is 2.16. The first-order valence-corrected chi connectivity index (χ1v) is 8.62. The molecular formula is C20H19N5. The highest BCUT2D eigenvalue weighted by Crippen LogP contribution is 2.29. The Bertz CT molecular complexity index is 1070. The van der Waals surface area contributed by atoms with Gasteiger partial charge < -0.3 is 4.98 Å². The average Bonchev–Trinajstić information content (AvgIpc) is 3.27. The number of imidazole rings is 1. The molecule has 0 amide bonds. The maximum absolute atomic E-state index is 4.43. The molecule has 0 fully saturated rings. The summed E-state index contributed by atoms with van der Waals surface area (Å²) in [6, 6.07) is 8.51. The Morgan fingerprint density at radius 3 is 3.04 bits per heavy atom. The fraction of sp³-hybridized carbons (Fsp3) is 0.200. The molecule has 1 N–H and O–H groups in total. The van der Waals surface area contributed by atoms with Crippen LogP contribution in [0.15, 0.2) is 61.3 Å². The van der Waals surface area contributed by atoms with Gasteiger partial charge in [-0.05, 0) is 18.1 Å². The molecule has 1 aromatic carbocycles. The molecular weight excluding hydrogens is 310 g/mol. The van der Waals surface area contributed by atoms with Gasteiger partial charge in [-0.15, -0.1) is 0 Å². The molecule has 0 atom stereocenters. The van der Waals surface area contributed by atoms with Crippen LogP contribution in [0.4, 0.5) is 0 Å². The molecule has 0 unspecified atom stereocenters. The summed E-state index contributed by atoms with van der Waals surface area (Å²) < 4.78 is 2.12. The second-order valence-corrected chi connectivity index (χ2v) is 6.52. The van der Waals surface area contributed by atoms with Gasteiger partial charge in [0.2, 0.25) is 0 Å². The summed E-state index contributed by atoms with van der Waals surface area (Å²) in [6.45, 7) is 2.93. The average molecular weight is 329 g/mol. The van der Waals surface area contributed by atoms with E-state index in [-0.39, 0.29) is 0 Å². The van der Waals surface area contributed by atoms with Crippen LogP contribution in [-0.4, -0.2) is 37.3 Å². The number of fused-ring (bicyclic) bond motifs is 2. The Morgan fingerprint density at radius 2 is 2.12 bits per heavy atom. The highest BCUT2D eigenvalue weighted by atomic mass is 15.1. The van der Waals surface area contributed by atoms with E-state index in [1.54, 1.807) is 6.20 Å². The van der Waals surface area contributed by atoms with Gasteiger partial charge in [-0.2, -0.15) is 0 Å². The van der Waals surface area contributed by atoms with Crippen molar-refractivity contribution in [3.05, 3.63) is 72.6 Å². The van der Waals surface area contributed by atoms with Crippen LogP contribution in [0.3, 0.4) is 0 Å². The van der Waals surface area contributed by atoms with Crippen molar-refractivity contribution < 1.29 is 0 Å². The molecule has 0 saturated heterocycles. The SMILES string of the molecule is C1=C(c2c[nH]c3ccccc23)CCN(Cc2cnc3cnccn23)C1. The first kappa shape index (κ1) is 14.4. The third kappa shape index (κ3) is 2.53. The first-order chi connectivity index (χ1) is 12.4. The lowest BCUT2D eigenvalue weighted by Crippen LogP contribution is -2.28. The van der Waals surface area contributed by atoms with E-state index >= 15 is 0 Å². The molecule has 4 heterocycles. The number of aromatic amines is 1. The van der Waals surface area contributed by atoms with Crippen molar-refractivity contribution in [1.82, 2.24) is 24.3 Å². The Kier molecular flexibility index (Phi) is 3.38. The van der Waals surface area contributed by atoms with Crippen LogP contribution in [0.25, 0.3) is 22.1 Å². The normalized spacial score (nSPS) is 15.8. The molecule has 0 aliphatic carbocycles. The third-order valence-electron chi connectivity index (χ3n) is 5.01. The summed E-state index contributed by atoms with van der Waals surface area (Å²) in [6.07, 6.45) is 13.1. The number of para-hydroxylation sites is 1. The van der Waals surface area contributed by atoms with E-state index in [2.05, 4.69) is 60.8 Å². The van der Waals surface area contributed by atoms with Gasteiger partial charge in [-0.1, -0.05) is 24.3 Å². The minimum absolute atomic E-state index is 0.906. The Labute approximate surface area is 145 Å². The van der Waals surface area contributed by atoms with Gasteiger partial charge in [-0.3, -0.25) is 14.3 Å². The van der Waals surface area contributed by atoms with Crippen LogP contribution in [0.5, 0.6) is 0 Å². The second-order valence-electron chi connectivity index (χ2n) is 6.52. The number of nitrogens with one attached hydrogen (secondary N) is 1. The number of H-pyrrole nitrogens is 1. The van der Waals surface area contributed by atoms with E-state index < -0.39 is 0 Å². The monoisotopic (exact) mass is 329 g/mol. The summed E-state index contributed by atoms with van der Waals surface area (Å²) in [7, 11) is 0. The van der Waals surface area contributed by atoms with Gasteiger partial charge >= 0.3 is 0 Å². The summed E-state index contributed by atoms with van der Waals surface area (Å²) in [5.41, 5.74) is 6.11. The topological polar surface area (TPSA) is 49.2 Å². The van der Waals surface area contributed by atoms with Crippen LogP contribution in [-0.2, 0) is 6.54 Å². The van der Waals surface area contributed by atoms with Crippen molar-refractivity contribution in [1.29, 1.82) is 0 Å². The number of rotatable bonds is 3. The molecule has 4 aromatic rings. The fourth-order valence-corrected chi connectivity index (χ4v) is 3.68. The molecule has 5 rings (SSSR count). The maximum Gasteiger partial charge on any atom is 0.155 e. The largest absolute Gasteiger partial charge is 0.361 e. The van der Waals surface area contributed by atoms with Crippen molar-refractivity contribution in [2.45, 2.75) is 13.0 Å². The molecule has 124 valence electrons. The van der Waals surface area contributed by atoms with Gasteiger partial charge in [0.1, 0.15) is 0 Å². The molecule has 3 aromatic heterocycles. The third-order valence-corrected chi connectivity index (χ3v) is 5.01. The number of hydrogen-bond acceptors (Lipinski definition) is 3. The number of hydrogen-bond donors (Lipinski definition) is 1. The van der Waals surface area contributed by atoms with Crippen LogP contribution in [0, 0.1) is 0 Å². The Hall–Kier alpha value is -2.92. The van der Waals surface area contributed by atoms with Crippen LogP contribution < -0.4 is 0 Å². The molecule has 25 heavy (non-hydrogen) atoms. The van der Waals surface area contributed by atoms with Crippen molar-refractivity contribution in [3.8, 4) is 0 Å². The van der Waals surface area contributed by atoms with Gasteiger partial charge in [0.05, 0.1) is 18.1 Å². The van der Waals surface area contributed by atoms with E-state index in [0.717, 1.165) is 31.7 Å². The quantitative estimate of drug-likeness (QED) is 0.626. The predicted molar refractivity (Wildman–Crippen MR) is 99.2 cm³/mol. The smallest absolute Gasteiger partial charge is 0.155 e. The number of benzene rings is 1. The van der Waals surface area contributed by atoms with Crippen molar-refractivity contribution >= 4 is 22.1 Å². The lowest BCUT2D eigenvalue weighted by atomic mass is 9.99. The molecule has 1 aliphatic rings. The number of aromatic nitrogens is 4. The predicted octanol–water partition coefficient (Wildman–Crippen LogP) is 3.50. The minimum Gasteiger partial charge on any atom is -0.361 e. The number of nitrogens with zero attached hydrogens (tertiary/aromatic N) is 4. The fourth-order valence-electron chi connectivity index (χ4n) is 3.68. The zero-order valence-corrected chi connectivity index (χ0v) is 13.9. The Balaban J connectivity index is 1.37. The van der Waals surface area contributed by atoms with Gasteiger partial charge in [0, 0.05) is 54.7 Å². The van der Waals surface area contributed by atoms with Crippen LogP contribution >= 0.6 is 0 Å². The lowest BCUT2D eigenvalue weighted by Gasteiger charge is -2.26. The first-order valence-electron chi connectivity index (χ1n) is 8.62. The molecule has 0 radical (unpaired) electrons. The summed E-state index contributed by atoms with van der Waals surface area (Å²) in [4.78, 5) is 14.4. The lowest BCUT2D eigenvalue weighted by molar-refractivity contribution is 0.289. The van der Waals surface area contributed by atoms with Gasteiger partial charge in [0.15, 0.2) is 5.65 Å². The molecule has 5 nitrogen and oxygen atoms in total. The minimum atomic E-state index is 0.906. The molecule has 0 saturated carbocycles. The van der Waals surface area contributed by atoms with E-state index in [0.29, 0.717) is 0 Å². The maximum atomic E-state index is 4.43. The highest BCUT2D eigenvalue weighted by molar-refractivity contribution is 5.92. The zero-order chi connectivity index (χ0) is 16.6. The van der Waals surface area contributed by atoms with E-state index in [4.69, 9.17) is 0 Å². The Morgan fingerprint density at radius 1 is 1.16 bits per heavy atom. The standard InChI is InChI=1S/C20H19N5/c1-2-4-19-17(3-1)18(12-22-19)15-5-8-24(9-6-15)14-16-11-23-20-13-21-7-10-25(16)20/h1-5,7,10-13,22H,6,8-9,14H2. The van der Waals surface area contributed by atoms with E-state index in [9.17, 15) is 0 Å². The molecule has 0 bridgehead atoms. The van der Waals surface area contributed by atoms with Crippen LogP contribution in [0.1, 0.15) is 17.7 Å². The molecule has 1 aliphatic heterocycles. The summed E-state index contributed by atoms with van der Waals surface area (Å²) in [5, 5.41) is 1.32. The van der Waals surface area contributed by atoms with Crippen LogP contribution in [0.2, 0.25) is 0 Å². The molecule has 5 heteroatoms. The summed E-state index contributed by atoms with van der Waals surface area (Å²) in [5.74, 6) is 0. The van der Waals surface area contributed by atoms with E-state index in [1.807, 2.05) is 18.6 Å². The van der Waals surface area contributed by atoms with E-state index in [1.165, 1.54) is 27.7 Å². The second kappa shape index (κ2) is 5.86. The van der Waals surface area contributed by atoms with Crippen molar-refractivity contribution in [2.75, 3.05) is 13.1 Å².